The summed E-state index contributed by atoms with van der Waals surface area (Å²) >= 11 is 0. The molecule has 0 aliphatic carbocycles. The number of carbonyl (C=O) groups is 1. The van der Waals surface area contributed by atoms with Gasteiger partial charge in [0.1, 0.15) is 12.5 Å². The Kier molecular flexibility index (Phi) is 2.22. The fourth-order valence-electron chi connectivity index (χ4n) is 1.52. The molecule has 0 aromatic rings. The molecular weight excluding hydrogens is 182 g/mol. The first-order valence-corrected chi connectivity index (χ1v) is 4.44. The molecule has 5 heteroatoms. The van der Waals surface area contributed by atoms with Crippen LogP contribution in [0.15, 0.2) is 28.5 Å². The van der Waals surface area contributed by atoms with E-state index < -0.39 is 6.09 Å². The number of amides is 1. The van der Waals surface area contributed by atoms with Crippen molar-refractivity contribution in [1.29, 1.82) is 0 Å². The van der Waals surface area contributed by atoms with E-state index in [0.29, 0.717) is 19.0 Å². The van der Waals surface area contributed by atoms with E-state index in [0.717, 1.165) is 12.0 Å². The lowest BCUT2D eigenvalue weighted by molar-refractivity contribution is 0.156. The third-order valence-corrected chi connectivity index (χ3v) is 2.16. The van der Waals surface area contributed by atoms with Gasteiger partial charge in [-0.2, -0.15) is 0 Å². The SMILES string of the molecule is O=C(O)N1CCC=CC2=C1NCN=C2. The van der Waals surface area contributed by atoms with Crippen LogP contribution in [-0.4, -0.2) is 35.5 Å². The second-order valence-corrected chi connectivity index (χ2v) is 3.08. The van der Waals surface area contributed by atoms with Crippen LogP contribution in [0.25, 0.3) is 0 Å². The van der Waals surface area contributed by atoms with Gasteiger partial charge in [-0.25, -0.2) is 4.79 Å². The standard InChI is InChI=1S/C9H11N3O2/c13-9(14)12-4-2-1-3-7-5-10-6-11-8(7)12/h1,3,5,11H,2,4,6H2,(H,13,14). The molecule has 0 atom stereocenters. The van der Waals surface area contributed by atoms with Crippen molar-refractivity contribution in [3.63, 3.8) is 0 Å². The van der Waals surface area contributed by atoms with E-state index in [-0.39, 0.29) is 0 Å². The summed E-state index contributed by atoms with van der Waals surface area (Å²) in [5.41, 5.74) is 0.830. The lowest BCUT2D eigenvalue weighted by Crippen LogP contribution is -2.38. The second kappa shape index (κ2) is 3.53. The molecule has 2 rings (SSSR count). The molecular formula is C9H11N3O2. The Hall–Kier alpha value is -1.78. The minimum Gasteiger partial charge on any atom is -0.465 e. The average Bonchev–Trinajstić information content (AvgIpc) is 2.39. The van der Waals surface area contributed by atoms with E-state index in [1.807, 2.05) is 12.2 Å². The monoisotopic (exact) mass is 193 g/mol. The smallest absolute Gasteiger partial charge is 0.412 e. The predicted molar refractivity (Wildman–Crippen MR) is 52.0 cm³/mol. The van der Waals surface area contributed by atoms with Gasteiger partial charge in [0, 0.05) is 18.3 Å². The van der Waals surface area contributed by atoms with Gasteiger partial charge >= 0.3 is 6.09 Å². The fraction of sp³-hybridized carbons (Fsp3) is 0.333. The highest BCUT2D eigenvalue weighted by molar-refractivity contribution is 5.85. The number of nitrogens with one attached hydrogen (secondary N) is 1. The first-order valence-electron chi connectivity index (χ1n) is 4.44. The Morgan fingerprint density at radius 1 is 1.64 bits per heavy atom. The molecule has 0 saturated carbocycles. The van der Waals surface area contributed by atoms with Gasteiger partial charge < -0.3 is 10.4 Å². The van der Waals surface area contributed by atoms with E-state index in [1.54, 1.807) is 6.21 Å². The maximum Gasteiger partial charge on any atom is 0.412 e. The summed E-state index contributed by atoms with van der Waals surface area (Å²) in [6.07, 6.45) is 5.35. The van der Waals surface area contributed by atoms with Crippen LogP contribution in [-0.2, 0) is 0 Å². The largest absolute Gasteiger partial charge is 0.465 e. The van der Waals surface area contributed by atoms with E-state index in [1.165, 1.54) is 4.90 Å². The zero-order valence-electron chi connectivity index (χ0n) is 7.60. The van der Waals surface area contributed by atoms with E-state index in [9.17, 15) is 4.79 Å². The molecule has 2 aliphatic heterocycles. The summed E-state index contributed by atoms with van der Waals surface area (Å²) in [6.45, 7) is 0.932. The van der Waals surface area contributed by atoms with Gasteiger partial charge in [-0.05, 0) is 6.42 Å². The van der Waals surface area contributed by atoms with Crippen molar-refractivity contribution < 1.29 is 9.90 Å². The van der Waals surface area contributed by atoms with Gasteiger partial charge in [0.15, 0.2) is 0 Å². The normalized spacial score (nSPS) is 20.1. The number of allylic oxidation sites excluding steroid dienone is 2. The molecule has 0 radical (unpaired) electrons. The Balaban J connectivity index is 2.36. The van der Waals surface area contributed by atoms with Crippen LogP contribution in [0.5, 0.6) is 0 Å². The highest BCUT2D eigenvalue weighted by Crippen LogP contribution is 2.15. The van der Waals surface area contributed by atoms with Gasteiger partial charge in [0.05, 0.1) is 0 Å². The fourth-order valence-corrected chi connectivity index (χ4v) is 1.52. The summed E-state index contributed by atoms with van der Waals surface area (Å²) < 4.78 is 0. The quantitative estimate of drug-likeness (QED) is 0.597. The maximum absolute atomic E-state index is 10.9. The van der Waals surface area contributed by atoms with Gasteiger partial charge in [-0.3, -0.25) is 9.89 Å². The van der Waals surface area contributed by atoms with Crippen LogP contribution in [0.3, 0.4) is 0 Å². The van der Waals surface area contributed by atoms with Gasteiger partial charge in [0.25, 0.3) is 0 Å². The predicted octanol–water partition coefficient (Wildman–Crippen LogP) is 0.769. The zero-order chi connectivity index (χ0) is 9.97. The van der Waals surface area contributed by atoms with Crippen molar-refractivity contribution in [2.45, 2.75) is 6.42 Å². The average molecular weight is 193 g/mol. The lowest BCUT2D eigenvalue weighted by Gasteiger charge is -2.24. The number of hydrogen-bond donors (Lipinski definition) is 2. The van der Waals surface area contributed by atoms with Crippen molar-refractivity contribution in [2.24, 2.45) is 4.99 Å². The van der Waals surface area contributed by atoms with Gasteiger partial charge in [-0.1, -0.05) is 12.2 Å². The molecule has 74 valence electrons. The third kappa shape index (κ3) is 1.48. The highest BCUT2D eigenvalue weighted by Gasteiger charge is 2.21. The molecule has 5 nitrogen and oxygen atoms in total. The van der Waals surface area contributed by atoms with Crippen LogP contribution in [0.2, 0.25) is 0 Å². The van der Waals surface area contributed by atoms with E-state index in [2.05, 4.69) is 10.3 Å². The first kappa shape index (κ1) is 8.80. The van der Waals surface area contributed by atoms with Crippen LogP contribution in [0, 0.1) is 0 Å². The topological polar surface area (TPSA) is 64.9 Å². The summed E-state index contributed by atoms with van der Waals surface area (Å²) in [7, 11) is 0. The Bertz CT molecular complexity index is 344. The molecule has 2 aliphatic rings. The molecule has 0 bridgehead atoms. The van der Waals surface area contributed by atoms with Crippen molar-refractivity contribution in [3.8, 4) is 0 Å². The summed E-state index contributed by atoms with van der Waals surface area (Å²) in [5, 5.41) is 11.9. The van der Waals surface area contributed by atoms with Crippen LogP contribution < -0.4 is 5.32 Å². The lowest BCUT2D eigenvalue weighted by atomic mass is 10.2. The number of carboxylic acid groups (broad SMARTS) is 1. The Morgan fingerprint density at radius 2 is 2.50 bits per heavy atom. The Morgan fingerprint density at radius 3 is 3.29 bits per heavy atom. The number of rotatable bonds is 0. The van der Waals surface area contributed by atoms with Crippen molar-refractivity contribution in [3.05, 3.63) is 23.5 Å². The second-order valence-electron chi connectivity index (χ2n) is 3.08. The van der Waals surface area contributed by atoms with Gasteiger partial charge in [-0.15, -0.1) is 0 Å². The maximum atomic E-state index is 10.9. The minimum absolute atomic E-state index is 0.441. The molecule has 0 aromatic heterocycles. The summed E-state index contributed by atoms with van der Waals surface area (Å²) in [6, 6.07) is 0. The van der Waals surface area contributed by atoms with Crippen LogP contribution >= 0.6 is 0 Å². The molecule has 2 N–H and O–H groups in total. The van der Waals surface area contributed by atoms with Crippen molar-refractivity contribution >= 4 is 12.3 Å². The molecule has 0 spiro atoms. The zero-order valence-corrected chi connectivity index (χ0v) is 7.60. The first-order chi connectivity index (χ1) is 6.79. The van der Waals surface area contributed by atoms with Crippen LogP contribution in [0.1, 0.15) is 6.42 Å². The molecule has 14 heavy (non-hydrogen) atoms. The van der Waals surface area contributed by atoms with Crippen LogP contribution in [0.4, 0.5) is 4.79 Å². The molecule has 1 amide bonds. The minimum atomic E-state index is -0.927. The van der Waals surface area contributed by atoms with E-state index >= 15 is 0 Å². The number of hydrogen-bond acceptors (Lipinski definition) is 3. The molecule has 0 saturated heterocycles. The van der Waals surface area contributed by atoms with Crippen molar-refractivity contribution in [1.82, 2.24) is 10.2 Å². The van der Waals surface area contributed by atoms with E-state index in [4.69, 9.17) is 5.11 Å². The number of aliphatic imine (C=N–C) groups is 1. The summed E-state index contributed by atoms with van der Waals surface area (Å²) in [4.78, 5) is 16.3. The molecule has 0 unspecified atom stereocenters. The molecule has 0 aromatic carbocycles. The number of nitrogens with zero attached hydrogens (tertiary/aromatic N) is 2. The van der Waals surface area contributed by atoms with Gasteiger partial charge in [0.2, 0.25) is 0 Å². The molecule has 0 fully saturated rings. The Labute approximate surface area is 81.4 Å². The highest BCUT2D eigenvalue weighted by atomic mass is 16.4. The molecule has 2 heterocycles. The summed E-state index contributed by atoms with van der Waals surface area (Å²) in [5.74, 6) is 0.640. The van der Waals surface area contributed by atoms with Crippen molar-refractivity contribution in [2.75, 3.05) is 13.2 Å². The third-order valence-electron chi connectivity index (χ3n) is 2.16.